The maximum atomic E-state index is 12.8. The molecule has 2 aromatic carbocycles. The lowest BCUT2D eigenvalue weighted by atomic mass is 10.1. The fraction of sp³-hybridized carbons (Fsp3) is 0.318. The maximum Gasteiger partial charge on any atom is 0.255 e. The van der Waals surface area contributed by atoms with Gasteiger partial charge in [0.1, 0.15) is 18.1 Å². The van der Waals surface area contributed by atoms with Crippen LogP contribution in [0.2, 0.25) is 0 Å². The third kappa shape index (κ3) is 4.93. The minimum Gasteiger partial charge on any atom is -0.488 e. The Morgan fingerprint density at radius 2 is 1.83 bits per heavy atom. The molecule has 0 fully saturated rings. The number of hydrogen-bond donors (Lipinski definition) is 2. The number of carbonyl (C=O) groups excluding carboxylic acids is 2. The first-order valence-electron chi connectivity index (χ1n) is 9.50. The monoisotopic (exact) mass is 395 g/mol. The lowest BCUT2D eigenvalue weighted by Crippen LogP contribution is -2.39. The van der Waals surface area contributed by atoms with Crippen LogP contribution in [0.15, 0.2) is 40.9 Å². The van der Waals surface area contributed by atoms with E-state index in [2.05, 4.69) is 15.8 Å². The smallest absolute Gasteiger partial charge is 0.255 e. The molecule has 0 atom stereocenters. The molecule has 0 radical (unpaired) electrons. The number of aryl methyl sites for hydroxylation is 2. The highest BCUT2D eigenvalue weighted by Gasteiger charge is 2.17. The summed E-state index contributed by atoms with van der Waals surface area (Å²) in [6, 6.07) is 11.3. The van der Waals surface area contributed by atoms with Gasteiger partial charge in [-0.25, -0.2) is 0 Å². The number of ether oxygens (including phenoxy) is 1. The molecular weight excluding hydrogens is 370 g/mol. The van der Waals surface area contributed by atoms with E-state index in [0.29, 0.717) is 17.1 Å². The Hall–Kier alpha value is -3.35. The molecule has 0 unspecified atom stereocenters. The van der Waals surface area contributed by atoms with E-state index in [1.807, 2.05) is 58.0 Å². The molecule has 3 rings (SSSR count). The van der Waals surface area contributed by atoms with Gasteiger partial charge in [0.05, 0.1) is 23.4 Å². The standard InChI is InChI=1S/C22H25N3O4/c1-13(2)24-21(26)11-23-22(27)18-9-16-7-5-6-8-17(16)10-20(18)28-12-19-14(3)25-29-15(19)4/h5-10,13H,11-12H2,1-4H3,(H,23,27)(H,24,26). The number of nitrogens with one attached hydrogen (secondary N) is 2. The SMILES string of the molecule is Cc1noc(C)c1COc1cc2ccccc2cc1C(=O)NCC(=O)NC(C)C. The summed E-state index contributed by atoms with van der Waals surface area (Å²) in [7, 11) is 0. The van der Waals surface area contributed by atoms with Crippen LogP contribution in [0.5, 0.6) is 5.75 Å². The number of benzene rings is 2. The predicted octanol–water partition coefficient (Wildman–Crippen LogP) is 3.28. The number of fused-ring (bicyclic) bond motifs is 1. The van der Waals surface area contributed by atoms with Crippen molar-refractivity contribution >= 4 is 22.6 Å². The molecule has 2 N–H and O–H groups in total. The summed E-state index contributed by atoms with van der Waals surface area (Å²) in [5, 5.41) is 11.2. The van der Waals surface area contributed by atoms with Crippen LogP contribution in [-0.2, 0) is 11.4 Å². The molecule has 0 saturated heterocycles. The van der Waals surface area contributed by atoms with E-state index in [9.17, 15) is 9.59 Å². The number of amides is 2. The van der Waals surface area contributed by atoms with Crippen molar-refractivity contribution in [2.75, 3.05) is 6.54 Å². The molecule has 152 valence electrons. The van der Waals surface area contributed by atoms with Crippen molar-refractivity contribution < 1.29 is 18.8 Å². The second-order valence-corrected chi connectivity index (χ2v) is 7.19. The minimum atomic E-state index is -0.372. The Kier molecular flexibility index (Phi) is 6.16. The predicted molar refractivity (Wildman–Crippen MR) is 110 cm³/mol. The zero-order valence-corrected chi connectivity index (χ0v) is 17.0. The summed E-state index contributed by atoms with van der Waals surface area (Å²) in [4.78, 5) is 24.7. The van der Waals surface area contributed by atoms with Gasteiger partial charge in [-0.1, -0.05) is 29.4 Å². The number of hydrogen-bond acceptors (Lipinski definition) is 5. The molecule has 0 bridgehead atoms. The zero-order chi connectivity index (χ0) is 21.0. The first-order valence-corrected chi connectivity index (χ1v) is 9.50. The molecule has 0 aliphatic rings. The van der Waals surface area contributed by atoms with Crippen LogP contribution in [-0.4, -0.2) is 29.6 Å². The van der Waals surface area contributed by atoms with Crippen LogP contribution >= 0.6 is 0 Å². The summed E-state index contributed by atoms with van der Waals surface area (Å²) in [6.45, 7) is 7.52. The van der Waals surface area contributed by atoms with Gasteiger partial charge in [0.2, 0.25) is 5.91 Å². The van der Waals surface area contributed by atoms with E-state index >= 15 is 0 Å². The lowest BCUT2D eigenvalue weighted by Gasteiger charge is -2.14. The Balaban J connectivity index is 1.84. The maximum absolute atomic E-state index is 12.8. The molecule has 1 aromatic heterocycles. The number of aromatic nitrogens is 1. The van der Waals surface area contributed by atoms with Gasteiger partial charge in [-0.15, -0.1) is 0 Å². The van der Waals surface area contributed by atoms with E-state index in [4.69, 9.17) is 9.26 Å². The van der Waals surface area contributed by atoms with E-state index in [1.165, 1.54) is 0 Å². The largest absolute Gasteiger partial charge is 0.488 e. The third-order valence-corrected chi connectivity index (χ3v) is 4.50. The van der Waals surface area contributed by atoms with Crippen molar-refractivity contribution in [3.05, 3.63) is 59.0 Å². The number of carbonyl (C=O) groups is 2. The van der Waals surface area contributed by atoms with Crippen molar-refractivity contribution in [2.45, 2.75) is 40.3 Å². The van der Waals surface area contributed by atoms with Gasteiger partial charge >= 0.3 is 0 Å². The molecule has 7 heteroatoms. The fourth-order valence-electron chi connectivity index (χ4n) is 3.00. The zero-order valence-electron chi connectivity index (χ0n) is 17.0. The fourth-order valence-corrected chi connectivity index (χ4v) is 3.00. The van der Waals surface area contributed by atoms with Crippen molar-refractivity contribution in [2.24, 2.45) is 0 Å². The Morgan fingerprint density at radius 3 is 2.45 bits per heavy atom. The van der Waals surface area contributed by atoms with Crippen LogP contribution in [0.25, 0.3) is 10.8 Å². The molecule has 0 spiro atoms. The van der Waals surface area contributed by atoms with Gasteiger partial charge in [-0.3, -0.25) is 9.59 Å². The van der Waals surface area contributed by atoms with E-state index in [1.54, 1.807) is 6.07 Å². The second kappa shape index (κ2) is 8.77. The molecule has 1 heterocycles. The number of nitrogens with zero attached hydrogens (tertiary/aromatic N) is 1. The van der Waals surface area contributed by atoms with Crippen molar-refractivity contribution in [1.82, 2.24) is 15.8 Å². The molecule has 0 saturated carbocycles. The average molecular weight is 395 g/mol. The molecule has 0 aliphatic heterocycles. The van der Waals surface area contributed by atoms with Gasteiger partial charge in [0, 0.05) is 6.04 Å². The molecular formula is C22H25N3O4. The topological polar surface area (TPSA) is 93.5 Å². The van der Waals surface area contributed by atoms with E-state index in [0.717, 1.165) is 22.0 Å². The van der Waals surface area contributed by atoms with Gasteiger partial charge in [0.25, 0.3) is 5.91 Å². The first kappa shape index (κ1) is 20.4. The van der Waals surface area contributed by atoms with Crippen molar-refractivity contribution in [3.63, 3.8) is 0 Å². The van der Waals surface area contributed by atoms with Gasteiger partial charge < -0.3 is 19.9 Å². The molecule has 3 aromatic rings. The second-order valence-electron chi connectivity index (χ2n) is 7.19. The third-order valence-electron chi connectivity index (χ3n) is 4.50. The van der Waals surface area contributed by atoms with Gasteiger partial charge in [-0.05, 0) is 50.6 Å². The summed E-state index contributed by atoms with van der Waals surface area (Å²) < 4.78 is 11.2. The highest BCUT2D eigenvalue weighted by atomic mass is 16.5. The normalized spacial score (nSPS) is 10.9. The highest BCUT2D eigenvalue weighted by Crippen LogP contribution is 2.27. The summed E-state index contributed by atoms with van der Waals surface area (Å²) in [5.74, 6) is 0.501. The Bertz CT molecular complexity index is 1020. The summed E-state index contributed by atoms with van der Waals surface area (Å²) >= 11 is 0. The average Bonchev–Trinajstić information content (AvgIpc) is 3.00. The lowest BCUT2D eigenvalue weighted by molar-refractivity contribution is -0.120. The Morgan fingerprint density at radius 1 is 1.14 bits per heavy atom. The molecule has 7 nitrogen and oxygen atoms in total. The summed E-state index contributed by atoms with van der Waals surface area (Å²) in [6.07, 6.45) is 0. The number of rotatable bonds is 7. The molecule has 2 amide bonds. The van der Waals surface area contributed by atoms with Crippen LogP contribution in [0, 0.1) is 13.8 Å². The van der Waals surface area contributed by atoms with Gasteiger partial charge in [-0.2, -0.15) is 0 Å². The molecule has 29 heavy (non-hydrogen) atoms. The van der Waals surface area contributed by atoms with Crippen LogP contribution in [0.1, 0.15) is 41.2 Å². The minimum absolute atomic E-state index is 0.00835. The highest BCUT2D eigenvalue weighted by molar-refractivity contribution is 6.02. The van der Waals surface area contributed by atoms with Crippen molar-refractivity contribution in [1.29, 1.82) is 0 Å². The van der Waals surface area contributed by atoms with E-state index in [-0.39, 0.29) is 31.0 Å². The van der Waals surface area contributed by atoms with E-state index < -0.39 is 0 Å². The first-order chi connectivity index (χ1) is 13.8. The molecule has 0 aliphatic carbocycles. The van der Waals surface area contributed by atoms with Crippen LogP contribution < -0.4 is 15.4 Å². The van der Waals surface area contributed by atoms with Crippen LogP contribution in [0.3, 0.4) is 0 Å². The summed E-state index contributed by atoms with van der Waals surface area (Å²) in [5.41, 5.74) is 1.97. The quantitative estimate of drug-likeness (QED) is 0.640. The Labute approximate surface area is 169 Å². The van der Waals surface area contributed by atoms with Crippen molar-refractivity contribution in [3.8, 4) is 5.75 Å². The van der Waals surface area contributed by atoms with Gasteiger partial charge in [0.15, 0.2) is 0 Å². The van der Waals surface area contributed by atoms with Crippen LogP contribution in [0.4, 0.5) is 0 Å².